The number of hydrogen-bond donors (Lipinski definition) is 14. The third-order valence-electron chi connectivity index (χ3n) is 6.48. The number of nitrogens with zero attached hydrogens (tertiary/aromatic N) is 4. The first-order valence-electron chi connectivity index (χ1n) is 15.0. The summed E-state index contributed by atoms with van der Waals surface area (Å²) in [4.78, 5) is 24.1. The number of nitrogens with two attached hydrogens (primary N) is 4. The minimum absolute atomic E-state index is 0. The monoisotopic (exact) mass is 832 g/mol. The Labute approximate surface area is 337 Å². The molecule has 0 atom stereocenters. The molecule has 0 radical (unpaired) electrons. The molecule has 24 heteroatoms. The Morgan fingerprint density at radius 3 is 1.07 bits per heavy atom. The normalized spacial score (nSPS) is 11.1. The van der Waals surface area contributed by atoms with E-state index >= 15 is 0 Å². The van der Waals surface area contributed by atoms with Crippen molar-refractivity contribution in [1.82, 2.24) is 21.7 Å². The van der Waals surface area contributed by atoms with Crippen LogP contribution in [-0.4, -0.2) is 58.5 Å². The summed E-state index contributed by atoms with van der Waals surface area (Å²) in [5.41, 5.74) is 35.4. The van der Waals surface area contributed by atoms with Crippen LogP contribution in [0.1, 0.15) is 85.2 Å². The van der Waals surface area contributed by atoms with E-state index in [4.69, 9.17) is 44.6 Å². The summed E-state index contributed by atoms with van der Waals surface area (Å²) in [6.07, 6.45) is 1.84. The molecule has 2 aromatic carbocycles. The largest absolute Gasteiger partial charge is 0.369 e. The SMILES string of the molecule is CC(=O)c1cc(NC(CCCCC(=NNC(=N)N)Nc2cc(C(C)=NNC(=N)N)cc(C(C)=NNC(=N)N)c2)=NNC(=N)N)cc(C(C)=O)c1.Cl.Cl.Cl.Cl. The first kappa shape index (κ1) is 52.7. The fourth-order valence-corrected chi connectivity index (χ4v) is 4.11. The van der Waals surface area contributed by atoms with Crippen molar-refractivity contribution >= 4 is 120 Å². The number of anilines is 2. The minimum atomic E-state index is -0.378. The molecule has 0 saturated carbocycles. The zero-order valence-electron chi connectivity index (χ0n) is 29.8. The summed E-state index contributed by atoms with van der Waals surface area (Å²) in [6, 6.07) is 10.1. The Bertz CT molecular complexity index is 1700. The summed E-state index contributed by atoms with van der Waals surface area (Å²) in [5, 5.41) is 52.9. The number of unbranched alkanes of at least 4 members (excludes halogenated alkanes) is 1. The van der Waals surface area contributed by atoms with Gasteiger partial charge in [-0.25, -0.2) is 21.7 Å². The number of Topliss-reactive ketones (excluding diaryl/α,β-unsaturated/α-hetero) is 2. The van der Waals surface area contributed by atoms with Crippen LogP contribution in [0, 0.1) is 21.6 Å². The molecule has 0 spiro atoms. The summed E-state index contributed by atoms with van der Waals surface area (Å²) in [6.45, 7) is 6.25. The summed E-state index contributed by atoms with van der Waals surface area (Å²) >= 11 is 0. The van der Waals surface area contributed by atoms with Crippen molar-refractivity contribution < 1.29 is 9.59 Å². The van der Waals surface area contributed by atoms with E-state index in [1.807, 2.05) is 0 Å². The molecular formula is C30H48Cl4N18O2. The Balaban J connectivity index is -0.00000650. The fraction of sp³-hybridized carbons (Fsp3) is 0.267. The maximum Gasteiger partial charge on any atom is 0.206 e. The highest BCUT2D eigenvalue weighted by atomic mass is 35.5. The first-order chi connectivity index (χ1) is 23.5. The van der Waals surface area contributed by atoms with Crippen LogP contribution in [0.4, 0.5) is 11.4 Å². The number of amidine groups is 2. The third kappa shape index (κ3) is 19.8. The Hall–Kier alpha value is -5.70. The Morgan fingerprint density at radius 2 is 0.778 bits per heavy atom. The molecule has 0 saturated heterocycles. The minimum Gasteiger partial charge on any atom is -0.369 e. The molecule has 0 aliphatic rings. The van der Waals surface area contributed by atoms with E-state index < -0.39 is 0 Å². The average Bonchev–Trinajstić information content (AvgIpc) is 3.04. The number of carbonyl (C=O) groups excluding carboxylic acids is 2. The van der Waals surface area contributed by atoms with Crippen molar-refractivity contribution in [3.8, 4) is 0 Å². The summed E-state index contributed by atoms with van der Waals surface area (Å²) < 4.78 is 0. The molecule has 54 heavy (non-hydrogen) atoms. The predicted octanol–water partition coefficient (Wildman–Crippen LogP) is 2.87. The Morgan fingerprint density at radius 1 is 0.500 bits per heavy atom. The summed E-state index contributed by atoms with van der Waals surface area (Å²) in [5.74, 6) is -1.03. The van der Waals surface area contributed by atoms with Crippen molar-refractivity contribution in [2.75, 3.05) is 10.6 Å². The number of nitrogens with one attached hydrogen (secondary N) is 10. The molecule has 0 aliphatic heterocycles. The van der Waals surface area contributed by atoms with Crippen LogP contribution < -0.4 is 55.3 Å². The molecule has 2 aromatic rings. The van der Waals surface area contributed by atoms with Crippen molar-refractivity contribution in [3.63, 3.8) is 0 Å². The number of ketones is 2. The van der Waals surface area contributed by atoms with Crippen LogP contribution in [0.3, 0.4) is 0 Å². The van der Waals surface area contributed by atoms with E-state index in [-0.39, 0.29) is 85.0 Å². The molecule has 298 valence electrons. The van der Waals surface area contributed by atoms with Crippen molar-refractivity contribution in [1.29, 1.82) is 21.6 Å². The van der Waals surface area contributed by atoms with Gasteiger partial charge in [0.1, 0.15) is 11.7 Å². The molecule has 0 bridgehead atoms. The molecule has 0 unspecified atom stereocenters. The van der Waals surface area contributed by atoms with Gasteiger partial charge in [0.05, 0.1) is 11.4 Å². The number of benzene rings is 2. The third-order valence-corrected chi connectivity index (χ3v) is 6.48. The standard InChI is InChI=1S/C30H44N18O2.4ClH/c1-15(41-45-27(31)32)19-9-20(16(2)42-46-28(33)34)12-23(11-19)39-25(43-47-29(35)36)7-5-6-8-26(44-48-30(37)38)40-24-13-21(17(3)49)10-22(14-24)18(4)50;;;;/h9-14H,5-8H2,1-4H3,(H,39,43)(H,40,44)(H4,31,32,45)(H4,33,34,46)(H4,35,36,47)(H4,37,38,48);4*1H. The number of guanidine groups is 4. The Kier molecular flexibility index (Phi) is 25.5. The van der Waals surface area contributed by atoms with Crippen LogP contribution in [0.2, 0.25) is 0 Å². The lowest BCUT2D eigenvalue weighted by molar-refractivity contribution is 0.101. The predicted molar refractivity (Wildman–Crippen MR) is 227 cm³/mol. The van der Waals surface area contributed by atoms with E-state index in [0.717, 1.165) is 0 Å². The van der Waals surface area contributed by atoms with E-state index in [9.17, 15) is 9.59 Å². The number of halogens is 4. The fourth-order valence-electron chi connectivity index (χ4n) is 4.11. The van der Waals surface area contributed by atoms with E-state index in [1.165, 1.54) is 19.9 Å². The van der Waals surface area contributed by atoms with Gasteiger partial charge in [0.15, 0.2) is 11.6 Å². The molecule has 0 amide bonds. The van der Waals surface area contributed by atoms with Gasteiger partial charge in [-0.2, -0.15) is 20.4 Å². The van der Waals surface area contributed by atoms with Crippen LogP contribution in [0.25, 0.3) is 0 Å². The molecule has 18 N–H and O–H groups in total. The second-order valence-electron chi connectivity index (χ2n) is 10.8. The quantitative estimate of drug-likeness (QED) is 0.0405. The topological polar surface area (TPSA) is 355 Å². The zero-order valence-corrected chi connectivity index (χ0v) is 33.1. The lowest BCUT2D eigenvalue weighted by Gasteiger charge is -2.15. The highest BCUT2D eigenvalue weighted by molar-refractivity contribution is 6.07. The number of carbonyl (C=O) groups is 2. The second kappa shape index (κ2) is 26.1. The second-order valence-corrected chi connectivity index (χ2v) is 10.8. The van der Waals surface area contributed by atoms with Gasteiger partial charge in [-0.3, -0.25) is 31.2 Å². The average molecular weight is 835 g/mol. The van der Waals surface area contributed by atoms with Crippen molar-refractivity contribution in [2.45, 2.75) is 53.4 Å². The molecular weight excluding hydrogens is 786 g/mol. The van der Waals surface area contributed by atoms with E-state index in [2.05, 4.69) is 52.7 Å². The maximum atomic E-state index is 12.1. The number of hydrazone groups is 4. The number of hydrogen-bond acceptors (Lipinski definition) is 10. The summed E-state index contributed by atoms with van der Waals surface area (Å²) in [7, 11) is 0. The van der Waals surface area contributed by atoms with Gasteiger partial charge >= 0.3 is 0 Å². The van der Waals surface area contributed by atoms with Gasteiger partial charge in [-0.1, -0.05) is 0 Å². The zero-order chi connectivity index (χ0) is 37.4. The van der Waals surface area contributed by atoms with E-state index in [0.29, 0.717) is 82.4 Å². The molecule has 0 fully saturated rings. The van der Waals surface area contributed by atoms with Gasteiger partial charge in [0.2, 0.25) is 23.8 Å². The molecule has 20 nitrogen and oxygen atoms in total. The maximum absolute atomic E-state index is 12.1. The number of rotatable bonds is 15. The van der Waals surface area contributed by atoms with Crippen LogP contribution in [0.15, 0.2) is 56.8 Å². The highest BCUT2D eigenvalue weighted by Gasteiger charge is 2.12. The lowest BCUT2D eigenvalue weighted by Crippen LogP contribution is -2.29. The van der Waals surface area contributed by atoms with Gasteiger partial charge in [0.25, 0.3) is 0 Å². The lowest BCUT2D eigenvalue weighted by atomic mass is 10.0. The first-order valence-corrected chi connectivity index (χ1v) is 15.0. The smallest absolute Gasteiger partial charge is 0.206 e. The van der Waals surface area contributed by atoms with Gasteiger partial charge in [0, 0.05) is 46.5 Å². The van der Waals surface area contributed by atoms with E-state index in [1.54, 1.807) is 44.2 Å². The van der Waals surface area contributed by atoms with Gasteiger partial charge in [-0.15, -0.1) is 49.6 Å². The van der Waals surface area contributed by atoms with Crippen LogP contribution >= 0.6 is 49.6 Å². The molecule has 0 aliphatic carbocycles. The van der Waals surface area contributed by atoms with Gasteiger partial charge < -0.3 is 33.6 Å². The van der Waals surface area contributed by atoms with Crippen LogP contribution in [0.5, 0.6) is 0 Å². The van der Waals surface area contributed by atoms with Gasteiger partial charge in [-0.05, 0) is 76.9 Å². The molecule has 0 heterocycles. The van der Waals surface area contributed by atoms with Crippen molar-refractivity contribution in [2.24, 2.45) is 43.3 Å². The van der Waals surface area contributed by atoms with Crippen molar-refractivity contribution in [3.05, 3.63) is 58.7 Å². The molecule has 2 rings (SSSR count). The van der Waals surface area contributed by atoms with Crippen LogP contribution in [-0.2, 0) is 0 Å². The highest BCUT2D eigenvalue weighted by Crippen LogP contribution is 2.20. The molecule has 0 aromatic heterocycles.